The lowest BCUT2D eigenvalue weighted by molar-refractivity contribution is -0.142. The highest BCUT2D eigenvalue weighted by molar-refractivity contribution is 6.31. The Morgan fingerprint density at radius 2 is 2.24 bits per heavy atom. The number of carbonyl (C=O) groups is 1. The molecular formula is C12H16ClNO3. The van der Waals surface area contributed by atoms with Gasteiger partial charge in [0.05, 0.1) is 7.11 Å². The molecule has 0 radical (unpaired) electrons. The van der Waals surface area contributed by atoms with Crippen LogP contribution in [0.15, 0.2) is 18.2 Å². The van der Waals surface area contributed by atoms with Crippen molar-refractivity contribution in [1.29, 1.82) is 0 Å². The molecule has 0 heterocycles. The number of carbonyl (C=O) groups excluding carboxylic acids is 1. The van der Waals surface area contributed by atoms with E-state index < -0.39 is 5.97 Å². The van der Waals surface area contributed by atoms with Gasteiger partial charge in [-0.25, -0.2) is 4.79 Å². The number of hydrogen-bond donors (Lipinski definition) is 1. The smallest absolute Gasteiger partial charge is 0.343 e. The summed E-state index contributed by atoms with van der Waals surface area (Å²) in [6, 6.07) is 5.35. The van der Waals surface area contributed by atoms with Gasteiger partial charge in [0.25, 0.3) is 0 Å². The van der Waals surface area contributed by atoms with E-state index in [9.17, 15) is 4.79 Å². The average Bonchev–Trinajstić information content (AvgIpc) is 2.34. The maximum absolute atomic E-state index is 11.0. The summed E-state index contributed by atoms with van der Waals surface area (Å²) < 4.78 is 9.88. The van der Waals surface area contributed by atoms with Crippen LogP contribution in [-0.2, 0) is 16.1 Å². The molecule has 0 spiro atoms. The summed E-state index contributed by atoms with van der Waals surface area (Å²) in [6.45, 7) is 3.33. The number of methoxy groups -OCH3 is 1. The fourth-order valence-electron chi connectivity index (χ4n) is 1.29. The minimum atomic E-state index is -0.417. The largest absolute Gasteiger partial charge is 0.482 e. The van der Waals surface area contributed by atoms with Crippen molar-refractivity contribution in [2.45, 2.75) is 13.5 Å². The minimum absolute atomic E-state index is 0.115. The fraction of sp³-hybridized carbons (Fsp3) is 0.417. The summed E-state index contributed by atoms with van der Waals surface area (Å²) >= 11 is 6.08. The molecule has 0 fully saturated rings. The Balaban J connectivity index is 2.75. The first-order valence-corrected chi connectivity index (χ1v) is 5.74. The molecule has 1 rings (SSSR count). The van der Waals surface area contributed by atoms with Crippen LogP contribution in [0.25, 0.3) is 0 Å². The molecule has 0 aliphatic heterocycles. The van der Waals surface area contributed by atoms with Gasteiger partial charge in [-0.3, -0.25) is 0 Å². The SMILES string of the molecule is CCNCc1c(Cl)cccc1OCC(=O)OC. The summed E-state index contributed by atoms with van der Waals surface area (Å²) in [5, 5.41) is 3.79. The molecule has 0 atom stereocenters. The Hall–Kier alpha value is -1.26. The van der Waals surface area contributed by atoms with E-state index in [4.69, 9.17) is 16.3 Å². The highest BCUT2D eigenvalue weighted by Gasteiger charge is 2.09. The Labute approximate surface area is 106 Å². The standard InChI is InChI=1S/C12H16ClNO3/c1-3-14-7-9-10(13)5-4-6-11(9)17-8-12(15)16-2/h4-6,14H,3,7-8H2,1-2H3. The predicted molar refractivity (Wildman–Crippen MR) is 66.3 cm³/mol. The molecule has 1 aromatic carbocycles. The van der Waals surface area contributed by atoms with E-state index in [1.807, 2.05) is 6.92 Å². The minimum Gasteiger partial charge on any atom is -0.482 e. The number of hydrogen-bond acceptors (Lipinski definition) is 4. The van der Waals surface area contributed by atoms with Crippen LogP contribution in [0.3, 0.4) is 0 Å². The van der Waals surface area contributed by atoms with Gasteiger partial charge in [0, 0.05) is 17.1 Å². The van der Waals surface area contributed by atoms with Crippen molar-refractivity contribution in [1.82, 2.24) is 5.32 Å². The van der Waals surface area contributed by atoms with Crippen molar-refractivity contribution in [2.75, 3.05) is 20.3 Å². The summed E-state index contributed by atoms with van der Waals surface area (Å²) in [4.78, 5) is 11.0. The Bertz CT molecular complexity index is 382. The maximum atomic E-state index is 11.0. The number of rotatable bonds is 6. The van der Waals surface area contributed by atoms with Gasteiger partial charge in [0.15, 0.2) is 6.61 Å². The van der Waals surface area contributed by atoms with Gasteiger partial charge < -0.3 is 14.8 Å². The lowest BCUT2D eigenvalue weighted by Crippen LogP contribution is -2.16. The molecule has 0 unspecified atom stereocenters. The molecule has 4 nitrogen and oxygen atoms in total. The van der Waals surface area contributed by atoms with Crippen molar-refractivity contribution >= 4 is 17.6 Å². The number of esters is 1. The van der Waals surface area contributed by atoms with Gasteiger partial charge in [-0.2, -0.15) is 0 Å². The molecule has 1 aromatic rings. The first kappa shape index (κ1) is 13.8. The van der Waals surface area contributed by atoms with Gasteiger partial charge in [0.2, 0.25) is 0 Å². The molecular weight excluding hydrogens is 242 g/mol. The highest BCUT2D eigenvalue weighted by atomic mass is 35.5. The van der Waals surface area contributed by atoms with Crippen molar-refractivity contribution in [3.05, 3.63) is 28.8 Å². The van der Waals surface area contributed by atoms with Crippen LogP contribution < -0.4 is 10.1 Å². The van der Waals surface area contributed by atoms with Crippen molar-refractivity contribution in [2.24, 2.45) is 0 Å². The maximum Gasteiger partial charge on any atom is 0.343 e. The van der Waals surface area contributed by atoms with Crippen molar-refractivity contribution in [3.8, 4) is 5.75 Å². The van der Waals surface area contributed by atoms with Crippen LogP contribution in [0.4, 0.5) is 0 Å². The molecule has 94 valence electrons. The lowest BCUT2D eigenvalue weighted by atomic mass is 10.2. The zero-order chi connectivity index (χ0) is 12.7. The summed E-state index contributed by atoms with van der Waals surface area (Å²) in [6.07, 6.45) is 0. The van der Waals surface area contributed by atoms with Gasteiger partial charge in [-0.15, -0.1) is 0 Å². The predicted octanol–water partition coefficient (Wildman–Crippen LogP) is 2.00. The molecule has 0 aromatic heterocycles. The number of benzene rings is 1. The van der Waals surface area contributed by atoms with E-state index in [-0.39, 0.29) is 6.61 Å². The van der Waals surface area contributed by atoms with E-state index in [0.717, 1.165) is 12.1 Å². The molecule has 0 saturated heterocycles. The van der Waals surface area contributed by atoms with E-state index in [1.54, 1.807) is 18.2 Å². The molecule has 0 saturated carbocycles. The van der Waals surface area contributed by atoms with Gasteiger partial charge >= 0.3 is 5.97 Å². The van der Waals surface area contributed by atoms with Crippen molar-refractivity contribution < 1.29 is 14.3 Å². The molecule has 0 aliphatic rings. The first-order chi connectivity index (χ1) is 8.19. The van der Waals surface area contributed by atoms with E-state index in [0.29, 0.717) is 17.3 Å². The fourth-order valence-corrected chi connectivity index (χ4v) is 1.52. The van der Waals surface area contributed by atoms with Crippen LogP contribution in [0.1, 0.15) is 12.5 Å². The molecule has 17 heavy (non-hydrogen) atoms. The Morgan fingerprint density at radius 3 is 2.88 bits per heavy atom. The summed E-state index contributed by atoms with van der Waals surface area (Å²) in [5.74, 6) is 0.184. The third kappa shape index (κ3) is 4.24. The normalized spacial score (nSPS) is 10.1. The van der Waals surface area contributed by atoms with Crippen LogP contribution in [0.5, 0.6) is 5.75 Å². The molecule has 0 aliphatic carbocycles. The van der Waals surface area contributed by atoms with Crippen LogP contribution in [0.2, 0.25) is 5.02 Å². The third-order valence-electron chi connectivity index (χ3n) is 2.20. The highest BCUT2D eigenvalue weighted by Crippen LogP contribution is 2.26. The third-order valence-corrected chi connectivity index (χ3v) is 2.55. The Kier molecular flexibility index (Phi) is 5.80. The summed E-state index contributed by atoms with van der Waals surface area (Å²) in [7, 11) is 1.32. The second kappa shape index (κ2) is 7.14. The zero-order valence-electron chi connectivity index (χ0n) is 9.96. The van der Waals surface area contributed by atoms with E-state index >= 15 is 0 Å². The average molecular weight is 258 g/mol. The van der Waals surface area contributed by atoms with Gasteiger partial charge in [0.1, 0.15) is 5.75 Å². The topological polar surface area (TPSA) is 47.6 Å². The summed E-state index contributed by atoms with van der Waals surface area (Å²) in [5.41, 5.74) is 0.847. The van der Waals surface area contributed by atoms with Gasteiger partial charge in [-0.1, -0.05) is 24.6 Å². The zero-order valence-corrected chi connectivity index (χ0v) is 10.7. The van der Waals surface area contributed by atoms with Crippen LogP contribution in [-0.4, -0.2) is 26.2 Å². The van der Waals surface area contributed by atoms with Crippen LogP contribution >= 0.6 is 11.6 Å². The lowest BCUT2D eigenvalue weighted by Gasteiger charge is -2.12. The Morgan fingerprint density at radius 1 is 1.47 bits per heavy atom. The first-order valence-electron chi connectivity index (χ1n) is 5.36. The number of ether oxygens (including phenoxy) is 2. The van der Waals surface area contributed by atoms with E-state index in [1.165, 1.54) is 7.11 Å². The molecule has 5 heteroatoms. The molecule has 0 amide bonds. The van der Waals surface area contributed by atoms with Crippen LogP contribution in [0, 0.1) is 0 Å². The number of nitrogens with one attached hydrogen (secondary N) is 1. The molecule has 0 bridgehead atoms. The second-order valence-electron chi connectivity index (χ2n) is 3.36. The van der Waals surface area contributed by atoms with Gasteiger partial charge in [-0.05, 0) is 18.7 Å². The quantitative estimate of drug-likeness (QED) is 0.792. The second-order valence-corrected chi connectivity index (χ2v) is 3.77. The number of halogens is 1. The molecule has 1 N–H and O–H groups in total. The van der Waals surface area contributed by atoms with Crippen molar-refractivity contribution in [3.63, 3.8) is 0 Å². The monoisotopic (exact) mass is 257 g/mol. The van der Waals surface area contributed by atoms with E-state index in [2.05, 4.69) is 10.1 Å².